The Hall–Kier alpha value is -2.14. The first-order valence-electron chi connectivity index (χ1n) is 8.32. The molecule has 6 heteroatoms. The molecule has 1 amide bonds. The van der Waals surface area contributed by atoms with Crippen LogP contribution < -0.4 is 5.32 Å². The summed E-state index contributed by atoms with van der Waals surface area (Å²) in [5.74, 6) is -1.29. The van der Waals surface area contributed by atoms with Gasteiger partial charge in [0.25, 0.3) is 5.91 Å². The number of rotatable bonds is 4. The molecule has 1 fully saturated rings. The zero-order chi connectivity index (χ0) is 17.8. The van der Waals surface area contributed by atoms with Gasteiger partial charge in [0.15, 0.2) is 0 Å². The van der Waals surface area contributed by atoms with Crippen LogP contribution in [0.4, 0.5) is 14.5 Å². The Balaban J connectivity index is 1.76. The normalized spacial score (nSPS) is 14.4. The molecule has 0 radical (unpaired) electrons. The molecule has 3 rings (SSSR count). The van der Waals surface area contributed by atoms with E-state index in [1.807, 2.05) is 4.90 Å². The molecule has 132 valence electrons. The van der Waals surface area contributed by atoms with Crippen LogP contribution in [0.2, 0.25) is 5.02 Å². The monoisotopic (exact) mass is 364 g/mol. The lowest BCUT2D eigenvalue weighted by atomic mass is 10.1. The molecule has 0 atom stereocenters. The quantitative estimate of drug-likeness (QED) is 0.840. The number of carbonyl (C=O) groups excluding carboxylic acids is 1. The zero-order valence-corrected chi connectivity index (χ0v) is 14.5. The van der Waals surface area contributed by atoms with E-state index in [0.717, 1.165) is 32.4 Å². The summed E-state index contributed by atoms with van der Waals surface area (Å²) >= 11 is 6.16. The largest absolute Gasteiger partial charge is 0.380 e. The van der Waals surface area contributed by atoms with Crippen LogP contribution >= 0.6 is 11.6 Å². The SMILES string of the molecule is O=C(c1ccc(Cl)c(NCc2c(F)cccc2F)c1)N1CCCCC1. The maximum Gasteiger partial charge on any atom is 0.253 e. The third-order valence-electron chi connectivity index (χ3n) is 4.37. The fraction of sp³-hybridized carbons (Fsp3) is 0.316. The Kier molecular flexibility index (Phi) is 5.53. The first-order valence-corrected chi connectivity index (χ1v) is 8.69. The van der Waals surface area contributed by atoms with Gasteiger partial charge in [-0.1, -0.05) is 17.7 Å². The fourth-order valence-electron chi connectivity index (χ4n) is 2.96. The molecule has 0 unspecified atom stereocenters. The lowest BCUT2D eigenvalue weighted by Gasteiger charge is -2.27. The molecule has 0 bridgehead atoms. The Bertz CT molecular complexity index is 756. The van der Waals surface area contributed by atoms with Gasteiger partial charge in [-0.3, -0.25) is 4.79 Å². The molecule has 2 aromatic carbocycles. The highest BCUT2D eigenvalue weighted by Gasteiger charge is 2.19. The van der Waals surface area contributed by atoms with Crippen LogP contribution in [-0.2, 0) is 6.54 Å². The van der Waals surface area contributed by atoms with Crippen molar-refractivity contribution in [2.24, 2.45) is 0 Å². The average molecular weight is 365 g/mol. The maximum atomic E-state index is 13.7. The summed E-state index contributed by atoms with van der Waals surface area (Å²) in [5.41, 5.74) is 0.932. The summed E-state index contributed by atoms with van der Waals surface area (Å²) < 4.78 is 27.5. The number of amides is 1. The third kappa shape index (κ3) is 4.10. The molecule has 3 nitrogen and oxygen atoms in total. The standard InChI is InChI=1S/C19H19ClF2N2O/c20-15-8-7-13(19(25)24-9-2-1-3-10-24)11-18(15)23-12-14-16(21)5-4-6-17(14)22/h4-8,11,23H,1-3,9-10,12H2. The molecule has 1 heterocycles. The summed E-state index contributed by atoms with van der Waals surface area (Å²) in [6.45, 7) is 1.45. The molecule has 0 saturated carbocycles. The van der Waals surface area contributed by atoms with Gasteiger partial charge in [0.1, 0.15) is 11.6 Å². The highest BCUT2D eigenvalue weighted by Crippen LogP contribution is 2.26. The molecule has 2 aromatic rings. The van der Waals surface area contributed by atoms with Gasteiger partial charge in [-0.15, -0.1) is 0 Å². The minimum atomic E-state index is -0.621. The predicted octanol–water partition coefficient (Wildman–Crippen LogP) is 4.86. The molecule has 1 N–H and O–H groups in total. The summed E-state index contributed by atoms with van der Waals surface area (Å²) in [6, 6.07) is 8.67. The van der Waals surface area contributed by atoms with Crippen LogP contribution in [0, 0.1) is 11.6 Å². The topological polar surface area (TPSA) is 32.3 Å². The van der Waals surface area contributed by atoms with Gasteiger partial charge in [-0.25, -0.2) is 8.78 Å². The van der Waals surface area contributed by atoms with Crippen LogP contribution in [-0.4, -0.2) is 23.9 Å². The first-order chi connectivity index (χ1) is 12.1. The number of piperidine rings is 1. The lowest BCUT2D eigenvalue weighted by Crippen LogP contribution is -2.35. The van der Waals surface area contributed by atoms with Crippen molar-refractivity contribution in [1.29, 1.82) is 0 Å². The summed E-state index contributed by atoms with van der Waals surface area (Å²) in [4.78, 5) is 14.4. The lowest BCUT2D eigenvalue weighted by molar-refractivity contribution is 0.0724. The number of nitrogens with zero attached hydrogens (tertiary/aromatic N) is 1. The first kappa shape index (κ1) is 17.7. The second-order valence-corrected chi connectivity index (χ2v) is 6.51. The number of nitrogens with one attached hydrogen (secondary N) is 1. The second-order valence-electron chi connectivity index (χ2n) is 6.10. The van der Waals surface area contributed by atoms with Crippen LogP contribution in [0.15, 0.2) is 36.4 Å². The van der Waals surface area contributed by atoms with Crippen molar-refractivity contribution in [3.63, 3.8) is 0 Å². The Labute approximate surface area is 150 Å². The minimum Gasteiger partial charge on any atom is -0.380 e. The molecule has 25 heavy (non-hydrogen) atoms. The van der Waals surface area contributed by atoms with E-state index in [4.69, 9.17) is 11.6 Å². The van der Waals surface area contributed by atoms with Gasteiger partial charge < -0.3 is 10.2 Å². The van der Waals surface area contributed by atoms with Gasteiger partial charge in [0, 0.05) is 30.8 Å². The summed E-state index contributed by atoms with van der Waals surface area (Å²) in [6.07, 6.45) is 3.17. The number of likely N-dealkylation sites (tertiary alicyclic amines) is 1. The second kappa shape index (κ2) is 7.83. The molecular weight excluding hydrogens is 346 g/mol. The van der Waals surface area contributed by atoms with Gasteiger partial charge in [-0.2, -0.15) is 0 Å². The van der Waals surface area contributed by atoms with Crippen molar-refractivity contribution in [2.45, 2.75) is 25.8 Å². The highest BCUT2D eigenvalue weighted by molar-refractivity contribution is 6.33. The molecule has 1 aliphatic rings. The molecule has 1 aliphatic heterocycles. The van der Waals surface area contributed by atoms with Gasteiger partial charge in [-0.05, 0) is 49.6 Å². The van der Waals surface area contributed by atoms with E-state index in [2.05, 4.69) is 5.32 Å². The minimum absolute atomic E-state index is 0.0449. The molecule has 0 spiro atoms. The number of carbonyl (C=O) groups is 1. The van der Waals surface area contributed by atoms with Crippen LogP contribution in [0.25, 0.3) is 0 Å². The number of hydrogen-bond acceptors (Lipinski definition) is 2. The van der Waals surface area contributed by atoms with Crippen LogP contribution in [0.3, 0.4) is 0 Å². The van der Waals surface area contributed by atoms with Crippen LogP contribution in [0.1, 0.15) is 35.2 Å². The van der Waals surface area contributed by atoms with E-state index >= 15 is 0 Å². The number of anilines is 1. The summed E-state index contributed by atoms with van der Waals surface area (Å²) in [5, 5.41) is 3.32. The highest BCUT2D eigenvalue weighted by atomic mass is 35.5. The Morgan fingerprint density at radius 1 is 1.08 bits per heavy atom. The predicted molar refractivity (Wildman–Crippen MR) is 94.9 cm³/mol. The summed E-state index contributed by atoms with van der Waals surface area (Å²) in [7, 11) is 0. The number of hydrogen-bond donors (Lipinski definition) is 1. The van der Waals surface area contributed by atoms with Gasteiger partial charge in [0.2, 0.25) is 0 Å². The fourth-order valence-corrected chi connectivity index (χ4v) is 3.14. The van der Waals surface area contributed by atoms with Crippen molar-refractivity contribution in [2.75, 3.05) is 18.4 Å². The van der Waals surface area contributed by atoms with Crippen molar-refractivity contribution in [1.82, 2.24) is 4.90 Å². The van der Waals surface area contributed by atoms with Crippen molar-refractivity contribution >= 4 is 23.2 Å². The molecule has 1 saturated heterocycles. The molecule has 0 aromatic heterocycles. The zero-order valence-electron chi connectivity index (χ0n) is 13.7. The molecular formula is C19H19ClF2N2O. The van der Waals surface area contributed by atoms with Crippen LogP contribution in [0.5, 0.6) is 0 Å². The van der Waals surface area contributed by atoms with Crippen molar-refractivity contribution < 1.29 is 13.6 Å². The number of benzene rings is 2. The van der Waals surface area contributed by atoms with E-state index in [1.165, 1.54) is 18.2 Å². The average Bonchev–Trinajstić information content (AvgIpc) is 2.63. The maximum absolute atomic E-state index is 13.7. The Morgan fingerprint density at radius 2 is 1.76 bits per heavy atom. The van der Waals surface area contributed by atoms with E-state index in [1.54, 1.807) is 18.2 Å². The van der Waals surface area contributed by atoms with E-state index in [-0.39, 0.29) is 18.0 Å². The number of halogens is 3. The third-order valence-corrected chi connectivity index (χ3v) is 4.70. The molecule has 0 aliphatic carbocycles. The van der Waals surface area contributed by atoms with E-state index in [0.29, 0.717) is 16.3 Å². The Morgan fingerprint density at radius 3 is 2.44 bits per heavy atom. The van der Waals surface area contributed by atoms with Crippen molar-refractivity contribution in [3.8, 4) is 0 Å². The van der Waals surface area contributed by atoms with Crippen molar-refractivity contribution in [3.05, 3.63) is 64.2 Å². The van der Waals surface area contributed by atoms with E-state index in [9.17, 15) is 13.6 Å². The smallest absolute Gasteiger partial charge is 0.253 e. The van der Waals surface area contributed by atoms with Gasteiger partial charge >= 0.3 is 0 Å². The van der Waals surface area contributed by atoms with E-state index < -0.39 is 11.6 Å². The van der Waals surface area contributed by atoms with Gasteiger partial charge in [0.05, 0.1) is 10.7 Å².